The summed E-state index contributed by atoms with van der Waals surface area (Å²) in [6.45, 7) is 1.98. The highest BCUT2D eigenvalue weighted by molar-refractivity contribution is 5.81. The van der Waals surface area contributed by atoms with Crippen LogP contribution in [0.4, 0.5) is 5.95 Å². The van der Waals surface area contributed by atoms with Crippen molar-refractivity contribution < 1.29 is 4.79 Å². The quantitative estimate of drug-likeness (QED) is 0.584. The lowest BCUT2D eigenvalue weighted by Crippen LogP contribution is -2.33. The molecule has 1 aromatic heterocycles. The minimum atomic E-state index is -0.497. The maximum absolute atomic E-state index is 10.7. The molecule has 0 saturated heterocycles. The average molecular weight is 195 g/mol. The maximum atomic E-state index is 10.7. The number of hydrogen-bond donors (Lipinski definition) is 3. The molecule has 6 nitrogen and oxygen atoms in total. The van der Waals surface area contributed by atoms with Crippen molar-refractivity contribution in [2.45, 2.75) is 19.5 Å². The molecule has 0 bridgehead atoms. The predicted molar refractivity (Wildman–Crippen MR) is 52.2 cm³/mol. The molecule has 0 aliphatic heterocycles. The van der Waals surface area contributed by atoms with E-state index in [2.05, 4.69) is 15.3 Å². The van der Waals surface area contributed by atoms with E-state index in [1.807, 2.05) is 0 Å². The zero-order valence-electron chi connectivity index (χ0n) is 7.90. The predicted octanol–water partition coefficient (Wildman–Crippen LogP) is -0.779. The van der Waals surface area contributed by atoms with Crippen LogP contribution in [0.2, 0.25) is 0 Å². The van der Waals surface area contributed by atoms with Crippen molar-refractivity contribution in [3.63, 3.8) is 0 Å². The van der Waals surface area contributed by atoms with Gasteiger partial charge in [0, 0.05) is 12.7 Å². The van der Waals surface area contributed by atoms with Gasteiger partial charge in [-0.25, -0.2) is 9.97 Å². The Morgan fingerprint density at radius 1 is 1.71 bits per heavy atom. The van der Waals surface area contributed by atoms with E-state index in [0.29, 0.717) is 18.2 Å². The lowest BCUT2D eigenvalue weighted by molar-refractivity contribution is -0.118. The first-order valence-corrected chi connectivity index (χ1v) is 4.21. The van der Waals surface area contributed by atoms with E-state index >= 15 is 0 Å². The van der Waals surface area contributed by atoms with Crippen LogP contribution in [-0.2, 0) is 11.3 Å². The Hall–Kier alpha value is -1.69. The summed E-state index contributed by atoms with van der Waals surface area (Å²) in [6.07, 6.45) is 1.57. The van der Waals surface area contributed by atoms with Gasteiger partial charge in [0.05, 0.1) is 5.69 Å². The molecule has 1 atom stereocenters. The van der Waals surface area contributed by atoms with Gasteiger partial charge in [-0.1, -0.05) is 0 Å². The molecule has 0 fully saturated rings. The van der Waals surface area contributed by atoms with E-state index in [9.17, 15) is 4.79 Å². The lowest BCUT2D eigenvalue weighted by atomic mass is 10.3. The summed E-state index contributed by atoms with van der Waals surface area (Å²) < 4.78 is 0. The molecule has 1 aromatic rings. The molecule has 6 heteroatoms. The fourth-order valence-electron chi connectivity index (χ4n) is 0.844. The minimum absolute atomic E-state index is 0.335. The van der Waals surface area contributed by atoms with E-state index in [0.717, 1.165) is 0 Å². The van der Waals surface area contributed by atoms with Gasteiger partial charge in [-0.05, 0) is 13.0 Å². The van der Waals surface area contributed by atoms with Crippen LogP contribution in [0.3, 0.4) is 0 Å². The van der Waals surface area contributed by atoms with Gasteiger partial charge in [-0.3, -0.25) is 4.79 Å². The van der Waals surface area contributed by atoms with Crippen LogP contribution in [0.5, 0.6) is 0 Å². The van der Waals surface area contributed by atoms with Gasteiger partial charge in [0.1, 0.15) is 6.04 Å². The molecule has 0 saturated carbocycles. The van der Waals surface area contributed by atoms with Gasteiger partial charge in [0.15, 0.2) is 0 Å². The number of carbonyl (C=O) groups excluding carboxylic acids is 1. The number of aromatic nitrogens is 2. The van der Waals surface area contributed by atoms with Crippen molar-refractivity contribution in [2.75, 3.05) is 5.32 Å². The molecule has 1 heterocycles. The summed E-state index contributed by atoms with van der Waals surface area (Å²) in [4.78, 5) is 18.7. The third-order valence-electron chi connectivity index (χ3n) is 1.69. The molecule has 0 radical (unpaired) electrons. The van der Waals surface area contributed by atoms with Crippen molar-refractivity contribution in [1.29, 1.82) is 0 Å². The molecule has 0 spiro atoms. The second-order valence-corrected chi connectivity index (χ2v) is 2.84. The summed E-state index contributed by atoms with van der Waals surface area (Å²) in [5, 5.41) is 2.76. The third-order valence-corrected chi connectivity index (χ3v) is 1.69. The minimum Gasteiger partial charge on any atom is -0.368 e. The Morgan fingerprint density at radius 2 is 2.43 bits per heavy atom. The first-order valence-electron chi connectivity index (χ1n) is 4.21. The Morgan fingerprint density at radius 3 is 3.00 bits per heavy atom. The number of primary amides is 1. The van der Waals surface area contributed by atoms with Gasteiger partial charge < -0.3 is 16.8 Å². The monoisotopic (exact) mass is 195 g/mol. The molecule has 0 unspecified atom stereocenters. The summed E-state index contributed by atoms with van der Waals surface area (Å²) in [6, 6.07) is 1.21. The van der Waals surface area contributed by atoms with E-state index in [1.54, 1.807) is 19.2 Å². The smallest absolute Gasteiger partial charge is 0.239 e. The molecule has 0 aromatic carbocycles. The standard InChI is InChI=1S/C8H13N5O/c1-5(7(10)14)12-8-11-3-2-6(4-9)13-8/h2-3,5H,4,9H2,1H3,(H2,10,14)(H,11,12,13)/t5-/m1/s1. The van der Waals surface area contributed by atoms with Crippen molar-refractivity contribution in [1.82, 2.24) is 9.97 Å². The lowest BCUT2D eigenvalue weighted by Gasteiger charge is -2.09. The van der Waals surface area contributed by atoms with Crippen molar-refractivity contribution in [2.24, 2.45) is 11.5 Å². The van der Waals surface area contributed by atoms with E-state index in [4.69, 9.17) is 11.5 Å². The number of anilines is 1. The second kappa shape index (κ2) is 4.52. The van der Waals surface area contributed by atoms with Crippen LogP contribution in [0.15, 0.2) is 12.3 Å². The Labute approximate surface area is 81.7 Å². The molecule has 76 valence electrons. The van der Waals surface area contributed by atoms with Gasteiger partial charge in [0.2, 0.25) is 11.9 Å². The molecule has 5 N–H and O–H groups in total. The number of nitrogens with zero attached hydrogens (tertiary/aromatic N) is 2. The Bertz CT molecular complexity index is 327. The molecule has 1 rings (SSSR count). The van der Waals surface area contributed by atoms with E-state index in [1.165, 1.54) is 0 Å². The van der Waals surface area contributed by atoms with Crippen LogP contribution >= 0.6 is 0 Å². The first-order chi connectivity index (χ1) is 6.63. The van der Waals surface area contributed by atoms with Gasteiger partial charge in [0.25, 0.3) is 0 Å². The summed E-state index contributed by atoms with van der Waals surface area (Å²) >= 11 is 0. The number of hydrogen-bond acceptors (Lipinski definition) is 5. The van der Waals surface area contributed by atoms with Crippen molar-refractivity contribution in [3.8, 4) is 0 Å². The molecular weight excluding hydrogens is 182 g/mol. The highest BCUT2D eigenvalue weighted by Crippen LogP contribution is 2.01. The van der Waals surface area contributed by atoms with Crippen molar-refractivity contribution >= 4 is 11.9 Å². The zero-order valence-corrected chi connectivity index (χ0v) is 7.90. The number of rotatable bonds is 4. The normalized spacial score (nSPS) is 12.1. The average Bonchev–Trinajstić information content (AvgIpc) is 2.18. The molecule has 14 heavy (non-hydrogen) atoms. The van der Waals surface area contributed by atoms with Crippen LogP contribution < -0.4 is 16.8 Å². The van der Waals surface area contributed by atoms with Gasteiger partial charge in [-0.15, -0.1) is 0 Å². The molecule has 0 aliphatic rings. The van der Waals surface area contributed by atoms with Gasteiger partial charge in [-0.2, -0.15) is 0 Å². The second-order valence-electron chi connectivity index (χ2n) is 2.84. The molecule has 0 aliphatic carbocycles. The van der Waals surface area contributed by atoms with Crippen LogP contribution in [0, 0.1) is 0 Å². The first kappa shape index (κ1) is 10.4. The zero-order chi connectivity index (χ0) is 10.6. The van der Waals surface area contributed by atoms with Crippen LogP contribution in [0.25, 0.3) is 0 Å². The van der Waals surface area contributed by atoms with E-state index in [-0.39, 0.29) is 0 Å². The Balaban J connectivity index is 2.71. The SMILES string of the molecule is C[C@@H](Nc1nccc(CN)n1)C(N)=O. The fraction of sp³-hybridized carbons (Fsp3) is 0.375. The van der Waals surface area contributed by atoms with E-state index < -0.39 is 11.9 Å². The molecular formula is C8H13N5O. The third kappa shape index (κ3) is 2.67. The molecule has 1 amide bonds. The number of amides is 1. The van der Waals surface area contributed by atoms with Gasteiger partial charge >= 0.3 is 0 Å². The Kier molecular flexibility index (Phi) is 3.35. The number of nitrogens with one attached hydrogen (secondary N) is 1. The number of carbonyl (C=O) groups is 1. The maximum Gasteiger partial charge on any atom is 0.239 e. The summed E-state index contributed by atoms with van der Waals surface area (Å²) in [7, 11) is 0. The van der Waals surface area contributed by atoms with Crippen LogP contribution in [0.1, 0.15) is 12.6 Å². The summed E-state index contributed by atoms with van der Waals surface area (Å²) in [5.74, 6) is -0.0917. The highest BCUT2D eigenvalue weighted by atomic mass is 16.1. The number of nitrogens with two attached hydrogens (primary N) is 2. The largest absolute Gasteiger partial charge is 0.368 e. The van der Waals surface area contributed by atoms with Crippen molar-refractivity contribution in [3.05, 3.63) is 18.0 Å². The summed E-state index contributed by atoms with van der Waals surface area (Å²) in [5.41, 5.74) is 11.2. The topological polar surface area (TPSA) is 107 Å². The van der Waals surface area contributed by atoms with Crippen LogP contribution in [-0.4, -0.2) is 21.9 Å². The highest BCUT2D eigenvalue weighted by Gasteiger charge is 2.09. The fourth-order valence-corrected chi connectivity index (χ4v) is 0.844.